The van der Waals surface area contributed by atoms with Crippen LogP contribution in [-0.4, -0.2) is 10.9 Å². The Morgan fingerprint density at radius 3 is 1.69 bits per heavy atom. The summed E-state index contributed by atoms with van der Waals surface area (Å²) in [4.78, 5) is 12.5. The molecule has 4 aromatic rings. The summed E-state index contributed by atoms with van der Waals surface area (Å²) in [6.45, 7) is 3.82. The predicted molar refractivity (Wildman–Crippen MR) is 137 cm³/mol. The van der Waals surface area contributed by atoms with Gasteiger partial charge in [0.1, 0.15) is 6.61 Å². The molecule has 0 N–H and O–H groups in total. The molecule has 0 spiro atoms. The molecule has 0 aliphatic carbocycles. The van der Waals surface area contributed by atoms with E-state index < -0.39 is 6.29 Å². The van der Waals surface area contributed by atoms with E-state index in [9.17, 15) is 4.79 Å². The summed E-state index contributed by atoms with van der Waals surface area (Å²) in [6, 6.07) is 31.5. The Kier molecular flexibility index (Phi) is 8.87. The van der Waals surface area contributed by atoms with Crippen molar-refractivity contribution in [2.75, 3.05) is 0 Å². The number of rotatable bonds is 12. The van der Waals surface area contributed by atoms with Crippen molar-refractivity contribution < 1.29 is 14.2 Å². The highest BCUT2D eigenvalue weighted by Gasteiger charge is 2.14. The lowest BCUT2D eigenvalue weighted by Gasteiger charge is -2.21. The molecule has 0 saturated heterocycles. The van der Waals surface area contributed by atoms with Crippen LogP contribution in [0.25, 0.3) is 0 Å². The van der Waals surface area contributed by atoms with E-state index in [1.165, 1.54) is 0 Å². The number of hydrogen-bond donors (Lipinski definition) is 0. The second-order valence-corrected chi connectivity index (χ2v) is 8.37. The van der Waals surface area contributed by atoms with Crippen molar-refractivity contribution in [3.05, 3.63) is 136 Å². The third kappa shape index (κ3) is 7.41. The fraction of sp³-hybridized carbons (Fsp3) is 0.233. The zero-order chi connectivity index (χ0) is 24.3. The maximum absolute atomic E-state index is 12.5. The summed E-state index contributed by atoms with van der Waals surface area (Å²) >= 11 is 0. The number of benzene rings is 3. The van der Waals surface area contributed by atoms with Gasteiger partial charge >= 0.3 is 0 Å². The average molecular weight is 470 g/mol. The van der Waals surface area contributed by atoms with Crippen LogP contribution < -0.4 is 10.2 Å². The van der Waals surface area contributed by atoms with Gasteiger partial charge in [0, 0.05) is 25.2 Å². The van der Waals surface area contributed by atoms with Crippen LogP contribution in [0.1, 0.15) is 28.8 Å². The zero-order valence-corrected chi connectivity index (χ0v) is 20.0. The molecule has 1 heterocycles. The van der Waals surface area contributed by atoms with Crippen molar-refractivity contribution in [1.82, 2.24) is 4.57 Å². The molecule has 5 nitrogen and oxygen atoms in total. The lowest BCUT2D eigenvalue weighted by atomic mass is 10.2. The molecular weight excluding hydrogens is 438 g/mol. The van der Waals surface area contributed by atoms with Gasteiger partial charge in [-0.1, -0.05) is 91.0 Å². The van der Waals surface area contributed by atoms with Crippen molar-refractivity contribution in [3.63, 3.8) is 0 Å². The van der Waals surface area contributed by atoms with Crippen LogP contribution in [-0.2, 0) is 35.8 Å². The van der Waals surface area contributed by atoms with E-state index in [4.69, 9.17) is 14.2 Å². The largest absolute Gasteiger partial charge is 0.483 e. The Morgan fingerprint density at radius 1 is 0.686 bits per heavy atom. The summed E-state index contributed by atoms with van der Waals surface area (Å²) in [5.74, 6) is 0.378. The second kappa shape index (κ2) is 12.7. The summed E-state index contributed by atoms with van der Waals surface area (Å²) in [6.07, 6.45) is 2.03. The van der Waals surface area contributed by atoms with Gasteiger partial charge in [-0.2, -0.15) is 0 Å². The highest BCUT2D eigenvalue weighted by atomic mass is 16.7. The maximum atomic E-state index is 12.5. The molecule has 0 aliphatic rings. The molecular formula is C30H31NO4. The van der Waals surface area contributed by atoms with Gasteiger partial charge in [-0.3, -0.25) is 4.79 Å². The average Bonchev–Trinajstić information content (AvgIpc) is 2.91. The third-order valence-electron chi connectivity index (χ3n) is 5.78. The summed E-state index contributed by atoms with van der Waals surface area (Å²) in [5.41, 5.74) is 3.88. The molecule has 0 unspecified atom stereocenters. The third-order valence-corrected chi connectivity index (χ3v) is 5.78. The van der Waals surface area contributed by atoms with Crippen LogP contribution in [0.3, 0.4) is 0 Å². The topological polar surface area (TPSA) is 49.7 Å². The van der Waals surface area contributed by atoms with Crippen molar-refractivity contribution in [2.45, 2.75) is 46.0 Å². The van der Waals surface area contributed by atoms with Crippen molar-refractivity contribution in [2.24, 2.45) is 0 Å². The first-order chi connectivity index (χ1) is 17.2. The first kappa shape index (κ1) is 24.5. The zero-order valence-electron chi connectivity index (χ0n) is 20.0. The highest BCUT2D eigenvalue weighted by Crippen LogP contribution is 2.17. The van der Waals surface area contributed by atoms with E-state index in [1.807, 2.05) is 102 Å². The van der Waals surface area contributed by atoms with Crippen LogP contribution in [0, 0.1) is 6.92 Å². The minimum absolute atomic E-state index is 0.119. The monoisotopic (exact) mass is 469 g/mol. The number of ether oxygens (including phenoxy) is 3. The van der Waals surface area contributed by atoms with Gasteiger partial charge in [0.05, 0.1) is 18.9 Å². The lowest BCUT2D eigenvalue weighted by Crippen LogP contribution is -2.21. The molecule has 4 rings (SSSR count). The summed E-state index contributed by atoms with van der Waals surface area (Å²) in [7, 11) is 0. The Hall–Kier alpha value is -3.67. The Labute approximate surface area is 206 Å². The molecule has 0 aliphatic heterocycles. The molecule has 35 heavy (non-hydrogen) atoms. The number of nitrogens with zero attached hydrogens (tertiary/aromatic N) is 1. The van der Waals surface area contributed by atoms with Crippen LogP contribution in [0.2, 0.25) is 0 Å². The molecule has 0 fully saturated rings. The quantitative estimate of drug-likeness (QED) is 0.243. The van der Waals surface area contributed by atoms with E-state index in [1.54, 1.807) is 12.3 Å². The first-order valence-electron chi connectivity index (χ1n) is 11.9. The molecule has 0 radical (unpaired) electrons. The van der Waals surface area contributed by atoms with Crippen molar-refractivity contribution >= 4 is 0 Å². The molecule has 3 aromatic carbocycles. The standard InChI is InChI=1S/C30H31NO4/c1-24-30(35-23-27-15-9-4-10-16-27)28(32)17-19-31(24)20-18-29(33-21-25-11-5-2-6-12-25)34-22-26-13-7-3-8-14-26/h2-17,19,29H,18,20-23H2,1H3. The van der Waals surface area contributed by atoms with E-state index in [-0.39, 0.29) is 5.43 Å². The van der Waals surface area contributed by atoms with Crippen molar-refractivity contribution in [1.29, 1.82) is 0 Å². The van der Waals surface area contributed by atoms with Gasteiger partial charge in [-0.25, -0.2) is 0 Å². The van der Waals surface area contributed by atoms with E-state index in [0.717, 1.165) is 22.4 Å². The first-order valence-corrected chi connectivity index (χ1v) is 11.9. The predicted octanol–water partition coefficient (Wildman–Crippen LogP) is 5.89. The molecule has 1 aromatic heterocycles. The molecule has 180 valence electrons. The Balaban J connectivity index is 1.41. The maximum Gasteiger partial charge on any atom is 0.223 e. The highest BCUT2D eigenvalue weighted by molar-refractivity contribution is 5.28. The van der Waals surface area contributed by atoms with Gasteiger partial charge in [0.2, 0.25) is 5.43 Å². The smallest absolute Gasteiger partial charge is 0.223 e. The minimum Gasteiger partial charge on any atom is -0.483 e. The second-order valence-electron chi connectivity index (χ2n) is 8.37. The Morgan fingerprint density at radius 2 is 1.17 bits per heavy atom. The van der Waals surface area contributed by atoms with Gasteiger partial charge in [-0.05, 0) is 23.6 Å². The van der Waals surface area contributed by atoms with Crippen LogP contribution in [0.4, 0.5) is 0 Å². The van der Waals surface area contributed by atoms with E-state index >= 15 is 0 Å². The molecule has 0 saturated carbocycles. The van der Waals surface area contributed by atoms with Crippen LogP contribution >= 0.6 is 0 Å². The molecule has 0 bridgehead atoms. The van der Waals surface area contributed by atoms with E-state index in [0.29, 0.717) is 38.5 Å². The van der Waals surface area contributed by atoms with Gasteiger partial charge in [0.15, 0.2) is 12.0 Å². The number of aryl methyl sites for hydroxylation is 1. The Bertz CT molecular complexity index is 1180. The molecule has 0 amide bonds. The minimum atomic E-state index is -0.400. The molecule has 0 atom stereocenters. The number of aromatic nitrogens is 1. The number of pyridine rings is 1. The fourth-order valence-electron chi connectivity index (χ4n) is 3.79. The van der Waals surface area contributed by atoms with Crippen LogP contribution in [0.5, 0.6) is 5.75 Å². The SMILES string of the molecule is Cc1c(OCc2ccccc2)c(=O)ccn1CCC(OCc1ccccc1)OCc1ccccc1. The molecule has 5 heteroatoms. The number of hydrogen-bond acceptors (Lipinski definition) is 4. The van der Waals surface area contributed by atoms with Crippen molar-refractivity contribution in [3.8, 4) is 5.75 Å². The fourth-order valence-corrected chi connectivity index (χ4v) is 3.79. The van der Waals surface area contributed by atoms with Gasteiger partial charge in [0.25, 0.3) is 0 Å². The summed E-state index contributed by atoms with van der Waals surface area (Å²) in [5, 5.41) is 0. The van der Waals surface area contributed by atoms with Crippen LogP contribution in [0.15, 0.2) is 108 Å². The van der Waals surface area contributed by atoms with E-state index in [2.05, 4.69) is 0 Å². The summed E-state index contributed by atoms with van der Waals surface area (Å²) < 4.78 is 20.2. The van der Waals surface area contributed by atoms with Gasteiger partial charge in [-0.15, -0.1) is 0 Å². The lowest BCUT2D eigenvalue weighted by molar-refractivity contribution is -0.161. The normalized spacial score (nSPS) is 11.0. The van der Waals surface area contributed by atoms with Gasteiger partial charge < -0.3 is 18.8 Å².